The molecule has 0 amide bonds. The van der Waals surface area contributed by atoms with Crippen LogP contribution >= 0.6 is 0 Å². The normalized spacial score (nSPS) is 10.9. The maximum Gasteiger partial charge on any atom is 0.150 e. The molecule has 4 aromatic rings. The Bertz CT molecular complexity index is 1160. The summed E-state index contributed by atoms with van der Waals surface area (Å²) in [6.45, 7) is 4.95. The van der Waals surface area contributed by atoms with Crippen LogP contribution in [-0.4, -0.2) is 25.8 Å². The highest BCUT2D eigenvalue weighted by molar-refractivity contribution is 6.10. The molecule has 0 N–H and O–H groups in total. The second-order valence-corrected chi connectivity index (χ2v) is 6.94. The second kappa shape index (κ2) is 8.37. The van der Waals surface area contributed by atoms with E-state index in [0.717, 1.165) is 56.7 Å². The molecular formula is C26H22O4. The third kappa shape index (κ3) is 3.41. The zero-order valence-corrected chi connectivity index (χ0v) is 17.0. The lowest BCUT2D eigenvalue weighted by Crippen LogP contribution is -1.99. The van der Waals surface area contributed by atoms with Crippen LogP contribution in [0.1, 0.15) is 34.6 Å². The Morgan fingerprint density at radius 2 is 1.07 bits per heavy atom. The van der Waals surface area contributed by atoms with Crippen LogP contribution < -0.4 is 9.47 Å². The van der Waals surface area contributed by atoms with Gasteiger partial charge in [-0.1, -0.05) is 36.4 Å². The molecule has 0 unspecified atom stereocenters. The van der Waals surface area contributed by atoms with E-state index in [4.69, 9.17) is 9.47 Å². The van der Waals surface area contributed by atoms with Gasteiger partial charge in [0.1, 0.15) is 24.1 Å². The van der Waals surface area contributed by atoms with Crippen molar-refractivity contribution in [2.24, 2.45) is 0 Å². The van der Waals surface area contributed by atoms with Crippen molar-refractivity contribution < 1.29 is 19.1 Å². The fraction of sp³-hybridized carbons (Fsp3) is 0.154. The number of aldehydes is 2. The van der Waals surface area contributed by atoms with E-state index in [1.165, 1.54) is 0 Å². The number of hydrogen-bond acceptors (Lipinski definition) is 4. The van der Waals surface area contributed by atoms with E-state index in [-0.39, 0.29) is 0 Å². The highest BCUT2D eigenvalue weighted by Crippen LogP contribution is 2.45. The fourth-order valence-corrected chi connectivity index (χ4v) is 3.87. The van der Waals surface area contributed by atoms with Gasteiger partial charge in [-0.15, -0.1) is 0 Å². The van der Waals surface area contributed by atoms with E-state index < -0.39 is 0 Å². The molecule has 0 saturated heterocycles. The Hall–Kier alpha value is -3.66. The average molecular weight is 398 g/mol. The van der Waals surface area contributed by atoms with Crippen LogP contribution in [0.15, 0.2) is 60.7 Å². The van der Waals surface area contributed by atoms with E-state index in [9.17, 15) is 9.59 Å². The van der Waals surface area contributed by atoms with Gasteiger partial charge < -0.3 is 9.47 Å². The van der Waals surface area contributed by atoms with Gasteiger partial charge in [-0.3, -0.25) is 9.59 Å². The summed E-state index contributed by atoms with van der Waals surface area (Å²) in [5.41, 5.74) is 3.08. The molecular weight excluding hydrogens is 376 g/mol. The lowest BCUT2D eigenvalue weighted by molar-refractivity contribution is 0.111. The Balaban J connectivity index is 2.14. The lowest BCUT2D eigenvalue weighted by Gasteiger charge is -2.19. The smallest absolute Gasteiger partial charge is 0.150 e. The summed E-state index contributed by atoms with van der Waals surface area (Å²) in [7, 11) is 0. The van der Waals surface area contributed by atoms with Crippen molar-refractivity contribution in [1.29, 1.82) is 0 Å². The molecule has 4 rings (SSSR count). The van der Waals surface area contributed by atoms with Gasteiger partial charge in [0.05, 0.1) is 13.2 Å². The van der Waals surface area contributed by atoms with Crippen molar-refractivity contribution >= 4 is 34.1 Å². The van der Waals surface area contributed by atoms with Crippen molar-refractivity contribution in [2.75, 3.05) is 13.2 Å². The van der Waals surface area contributed by atoms with Crippen LogP contribution in [0.2, 0.25) is 0 Å². The van der Waals surface area contributed by atoms with Crippen molar-refractivity contribution in [3.63, 3.8) is 0 Å². The average Bonchev–Trinajstić information content (AvgIpc) is 2.79. The maximum atomic E-state index is 11.3. The van der Waals surface area contributed by atoms with E-state index in [1.54, 1.807) is 0 Å². The quantitative estimate of drug-likeness (QED) is 0.354. The Labute approximate surface area is 175 Å². The van der Waals surface area contributed by atoms with E-state index >= 15 is 0 Å². The summed E-state index contributed by atoms with van der Waals surface area (Å²) in [6.07, 6.45) is 1.69. The predicted molar refractivity (Wildman–Crippen MR) is 120 cm³/mol. The van der Waals surface area contributed by atoms with Gasteiger partial charge in [-0.25, -0.2) is 0 Å². The molecule has 4 heteroatoms. The van der Waals surface area contributed by atoms with Crippen molar-refractivity contribution in [2.45, 2.75) is 13.8 Å². The molecule has 0 heterocycles. The standard InChI is InChI=1S/C26H22O4/c1-3-29-23-11-7-19-13-17(15-27)5-9-21(19)25(23)26-22-10-6-18(16-28)14-20(22)8-12-24(26)30-4-2/h5-16H,3-4H2,1-2H3. The third-order valence-corrected chi connectivity index (χ3v) is 5.13. The number of benzene rings is 4. The van der Waals surface area contributed by atoms with Crippen molar-refractivity contribution in [1.82, 2.24) is 0 Å². The van der Waals surface area contributed by atoms with Crippen molar-refractivity contribution in [3.8, 4) is 22.6 Å². The van der Waals surface area contributed by atoms with Crippen molar-refractivity contribution in [3.05, 3.63) is 71.8 Å². The second-order valence-electron chi connectivity index (χ2n) is 6.94. The van der Waals surface area contributed by atoms with Crippen LogP contribution in [0.4, 0.5) is 0 Å². The van der Waals surface area contributed by atoms with Gasteiger partial charge in [0.25, 0.3) is 0 Å². The molecule has 150 valence electrons. The molecule has 0 bridgehead atoms. The molecule has 0 spiro atoms. The molecule has 0 fully saturated rings. The summed E-state index contributed by atoms with van der Waals surface area (Å²) in [6, 6.07) is 19.1. The molecule has 0 radical (unpaired) electrons. The first-order chi connectivity index (χ1) is 14.7. The highest BCUT2D eigenvalue weighted by Gasteiger charge is 2.19. The Morgan fingerprint density at radius 3 is 1.43 bits per heavy atom. The van der Waals surface area contributed by atoms with Gasteiger partial charge in [0.15, 0.2) is 0 Å². The molecule has 0 atom stereocenters. The molecule has 4 nitrogen and oxygen atoms in total. The molecule has 0 aliphatic heterocycles. The zero-order chi connectivity index (χ0) is 21.1. The molecule has 0 aliphatic carbocycles. The number of fused-ring (bicyclic) bond motifs is 2. The predicted octanol–water partition coefficient (Wildman–Crippen LogP) is 6.08. The number of carbonyl (C=O) groups is 2. The minimum absolute atomic E-state index is 0.523. The van der Waals surface area contributed by atoms with Crippen LogP contribution in [0.5, 0.6) is 11.5 Å². The van der Waals surface area contributed by atoms with Gasteiger partial charge in [-0.2, -0.15) is 0 Å². The first kappa shape index (κ1) is 19.6. The summed E-state index contributed by atoms with van der Waals surface area (Å²) in [5.74, 6) is 1.49. The summed E-state index contributed by atoms with van der Waals surface area (Å²) >= 11 is 0. The minimum atomic E-state index is 0.523. The molecule has 0 aromatic heterocycles. The summed E-state index contributed by atoms with van der Waals surface area (Å²) in [4.78, 5) is 22.6. The van der Waals surface area contributed by atoms with E-state index in [0.29, 0.717) is 24.3 Å². The fourth-order valence-electron chi connectivity index (χ4n) is 3.87. The topological polar surface area (TPSA) is 52.6 Å². The zero-order valence-electron chi connectivity index (χ0n) is 17.0. The Morgan fingerprint density at radius 1 is 0.633 bits per heavy atom. The summed E-state index contributed by atoms with van der Waals surface area (Å²) < 4.78 is 12.0. The van der Waals surface area contributed by atoms with Crippen LogP contribution in [0.25, 0.3) is 32.7 Å². The van der Waals surface area contributed by atoms with E-state index in [2.05, 4.69) is 0 Å². The van der Waals surface area contributed by atoms with E-state index in [1.807, 2.05) is 74.5 Å². The minimum Gasteiger partial charge on any atom is -0.493 e. The van der Waals surface area contributed by atoms with Crippen LogP contribution in [-0.2, 0) is 0 Å². The SMILES string of the molecule is CCOc1ccc2cc(C=O)ccc2c1-c1c(OCC)ccc2cc(C=O)ccc12. The molecule has 0 aliphatic rings. The van der Waals surface area contributed by atoms with Gasteiger partial charge in [0.2, 0.25) is 0 Å². The highest BCUT2D eigenvalue weighted by atomic mass is 16.5. The summed E-state index contributed by atoms with van der Waals surface area (Å²) in [5, 5.41) is 3.84. The van der Waals surface area contributed by atoms with Crippen LogP contribution in [0.3, 0.4) is 0 Å². The number of hydrogen-bond donors (Lipinski definition) is 0. The Kier molecular flexibility index (Phi) is 5.48. The van der Waals surface area contributed by atoms with Gasteiger partial charge >= 0.3 is 0 Å². The lowest BCUT2D eigenvalue weighted by atomic mass is 9.91. The first-order valence-electron chi connectivity index (χ1n) is 10.00. The van der Waals surface area contributed by atoms with Gasteiger partial charge in [-0.05, 0) is 59.7 Å². The number of ether oxygens (including phenoxy) is 2. The molecule has 30 heavy (non-hydrogen) atoms. The maximum absolute atomic E-state index is 11.3. The molecule has 4 aromatic carbocycles. The monoisotopic (exact) mass is 398 g/mol. The van der Waals surface area contributed by atoms with Crippen LogP contribution in [0, 0.1) is 0 Å². The number of carbonyl (C=O) groups excluding carboxylic acids is 2. The first-order valence-corrected chi connectivity index (χ1v) is 10.00. The third-order valence-electron chi connectivity index (χ3n) is 5.13. The molecule has 0 saturated carbocycles. The van der Waals surface area contributed by atoms with Gasteiger partial charge in [0, 0.05) is 22.3 Å². The largest absolute Gasteiger partial charge is 0.493 e. The number of rotatable bonds is 7.